The van der Waals surface area contributed by atoms with Crippen molar-refractivity contribution in [3.05, 3.63) is 12.7 Å². The summed E-state index contributed by atoms with van der Waals surface area (Å²) in [5.74, 6) is 0.458. The zero-order chi connectivity index (χ0) is 6.57. The molecule has 1 heteroatoms. The lowest BCUT2D eigenvalue weighted by Crippen LogP contribution is -2.25. The molecule has 0 aliphatic carbocycles. The second kappa shape index (κ2) is 3.67. The molecule has 2 N–H and O–H groups in total. The van der Waals surface area contributed by atoms with E-state index in [0.29, 0.717) is 12.0 Å². The van der Waals surface area contributed by atoms with Gasteiger partial charge in [0, 0.05) is 6.04 Å². The molecule has 0 aromatic carbocycles. The van der Waals surface area contributed by atoms with Crippen LogP contribution in [0.1, 0.15) is 20.3 Å². The third-order valence-electron chi connectivity index (χ3n) is 1.52. The Morgan fingerprint density at radius 2 is 2.25 bits per heavy atom. The van der Waals surface area contributed by atoms with Crippen LogP contribution in [-0.2, 0) is 0 Å². The van der Waals surface area contributed by atoms with Gasteiger partial charge in [-0.3, -0.25) is 0 Å². The van der Waals surface area contributed by atoms with E-state index in [1.807, 2.05) is 6.08 Å². The van der Waals surface area contributed by atoms with Crippen molar-refractivity contribution in [1.29, 1.82) is 0 Å². The predicted octanol–water partition coefficient (Wildman–Crippen LogP) is 1.55. The SMILES string of the molecule is C=C[C@@H](C)C(N)CC. The van der Waals surface area contributed by atoms with Gasteiger partial charge in [-0.1, -0.05) is 19.9 Å². The molecule has 0 radical (unpaired) electrons. The monoisotopic (exact) mass is 113 g/mol. The lowest BCUT2D eigenvalue weighted by molar-refractivity contribution is 0.525. The summed E-state index contributed by atoms with van der Waals surface area (Å²) < 4.78 is 0. The van der Waals surface area contributed by atoms with Gasteiger partial charge in [0.25, 0.3) is 0 Å². The fourth-order valence-corrected chi connectivity index (χ4v) is 0.547. The largest absolute Gasteiger partial charge is 0.327 e. The van der Waals surface area contributed by atoms with Crippen LogP contribution in [0.2, 0.25) is 0 Å². The van der Waals surface area contributed by atoms with Crippen LogP contribution in [0.15, 0.2) is 12.7 Å². The van der Waals surface area contributed by atoms with Gasteiger partial charge in [-0.15, -0.1) is 6.58 Å². The molecule has 1 nitrogen and oxygen atoms in total. The Morgan fingerprint density at radius 3 is 2.38 bits per heavy atom. The minimum atomic E-state index is 0.299. The molecule has 2 atom stereocenters. The number of rotatable bonds is 3. The highest BCUT2D eigenvalue weighted by Crippen LogP contribution is 2.03. The van der Waals surface area contributed by atoms with Crippen LogP contribution in [0.25, 0.3) is 0 Å². The van der Waals surface area contributed by atoms with E-state index in [1.165, 1.54) is 0 Å². The maximum absolute atomic E-state index is 5.66. The first kappa shape index (κ1) is 7.70. The van der Waals surface area contributed by atoms with Crippen molar-refractivity contribution in [2.75, 3.05) is 0 Å². The van der Waals surface area contributed by atoms with Crippen molar-refractivity contribution in [2.45, 2.75) is 26.3 Å². The van der Waals surface area contributed by atoms with Gasteiger partial charge in [-0.05, 0) is 12.3 Å². The summed E-state index contributed by atoms with van der Waals surface area (Å²) >= 11 is 0. The van der Waals surface area contributed by atoms with Crippen molar-refractivity contribution >= 4 is 0 Å². The van der Waals surface area contributed by atoms with Gasteiger partial charge >= 0.3 is 0 Å². The highest BCUT2D eigenvalue weighted by molar-refractivity contribution is 4.82. The smallest absolute Gasteiger partial charge is 0.00965 e. The molecule has 0 saturated heterocycles. The van der Waals surface area contributed by atoms with Crippen molar-refractivity contribution in [2.24, 2.45) is 11.7 Å². The molecule has 0 fully saturated rings. The summed E-state index contributed by atoms with van der Waals surface area (Å²) in [7, 11) is 0. The summed E-state index contributed by atoms with van der Waals surface area (Å²) in [6.45, 7) is 7.82. The summed E-state index contributed by atoms with van der Waals surface area (Å²) in [6, 6.07) is 0.299. The van der Waals surface area contributed by atoms with Gasteiger partial charge in [-0.2, -0.15) is 0 Å². The zero-order valence-electron chi connectivity index (χ0n) is 5.72. The Kier molecular flexibility index (Phi) is 3.53. The fraction of sp³-hybridized carbons (Fsp3) is 0.714. The fourth-order valence-electron chi connectivity index (χ4n) is 0.547. The first-order valence-electron chi connectivity index (χ1n) is 3.10. The Balaban J connectivity index is 3.44. The van der Waals surface area contributed by atoms with Crippen LogP contribution in [-0.4, -0.2) is 6.04 Å². The molecule has 0 saturated carbocycles. The lowest BCUT2D eigenvalue weighted by atomic mass is 10.0. The standard InChI is InChI=1S/C7H15N/c1-4-6(3)7(8)5-2/h4,6-7H,1,5,8H2,2-3H3/t6-,7?/m1/s1. The van der Waals surface area contributed by atoms with Gasteiger partial charge in [0.2, 0.25) is 0 Å². The number of nitrogens with two attached hydrogens (primary N) is 1. The van der Waals surface area contributed by atoms with Crippen LogP contribution in [0.5, 0.6) is 0 Å². The maximum atomic E-state index is 5.66. The van der Waals surface area contributed by atoms with E-state index in [1.54, 1.807) is 0 Å². The van der Waals surface area contributed by atoms with Crippen LogP contribution in [0.4, 0.5) is 0 Å². The number of hydrogen-bond acceptors (Lipinski definition) is 1. The van der Waals surface area contributed by atoms with E-state index in [4.69, 9.17) is 5.73 Å². The minimum absolute atomic E-state index is 0.299. The summed E-state index contributed by atoms with van der Waals surface area (Å²) in [4.78, 5) is 0. The summed E-state index contributed by atoms with van der Waals surface area (Å²) in [6.07, 6.45) is 2.93. The summed E-state index contributed by atoms with van der Waals surface area (Å²) in [5.41, 5.74) is 5.66. The van der Waals surface area contributed by atoms with E-state index in [9.17, 15) is 0 Å². The van der Waals surface area contributed by atoms with Crippen molar-refractivity contribution in [3.8, 4) is 0 Å². The minimum Gasteiger partial charge on any atom is -0.327 e. The molecule has 0 aliphatic rings. The molecule has 48 valence electrons. The van der Waals surface area contributed by atoms with E-state index < -0.39 is 0 Å². The summed E-state index contributed by atoms with van der Waals surface area (Å²) in [5, 5.41) is 0. The Hall–Kier alpha value is -0.300. The second-order valence-electron chi connectivity index (χ2n) is 2.17. The van der Waals surface area contributed by atoms with Crippen molar-refractivity contribution in [3.63, 3.8) is 0 Å². The molecule has 1 unspecified atom stereocenters. The molecular formula is C7H15N. The molecule has 0 aromatic rings. The van der Waals surface area contributed by atoms with Gasteiger partial charge in [0.15, 0.2) is 0 Å². The van der Waals surface area contributed by atoms with Crippen LogP contribution < -0.4 is 5.73 Å². The quantitative estimate of drug-likeness (QED) is 0.552. The van der Waals surface area contributed by atoms with Crippen LogP contribution in [0, 0.1) is 5.92 Å². The van der Waals surface area contributed by atoms with Gasteiger partial charge in [0.1, 0.15) is 0 Å². The molecule has 0 spiro atoms. The average molecular weight is 113 g/mol. The van der Waals surface area contributed by atoms with Gasteiger partial charge in [0.05, 0.1) is 0 Å². The second-order valence-corrected chi connectivity index (χ2v) is 2.17. The molecule has 0 heterocycles. The average Bonchev–Trinajstić information content (AvgIpc) is 1.84. The number of hydrogen-bond donors (Lipinski definition) is 1. The lowest BCUT2D eigenvalue weighted by Gasteiger charge is -2.12. The molecule has 0 bridgehead atoms. The Morgan fingerprint density at radius 1 is 1.75 bits per heavy atom. The third kappa shape index (κ3) is 2.12. The molecule has 0 rings (SSSR count). The van der Waals surface area contributed by atoms with Gasteiger partial charge < -0.3 is 5.73 Å². The topological polar surface area (TPSA) is 26.0 Å². The van der Waals surface area contributed by atoms with E-state index in [2.05, 4.69) is 20.4 Å². The van der Waals surface area contributed by atoms with E-state index in [-0.39, 0.29) is 0 Å². The Bertz CT molecular complexity index is 68.8. The van der Waals surface area contributed by atoms with Crippen LogP contribution >= 0.6 is 0 Å². The molecule has 0 aromatic heterocycles. The molecule has 0 aliphatic heterocycles. The third-order valence-corrected chi connectivity index (χ3v) is 1.52. The highest BCUT2D eigenvalue weighted by Gasteiger charge is 2.03. The maximum Gasteiger partial charge on any atom is 0.00965 e. The molecule has 8 heavy (non-hydrogen) atoms. The molecular weight excluding hydrogens is 98.1 g/mol. The zero-order valence-corrected chi connectivity index (χ0v) is 5.72. The molecule has 0 amide bonds. The van der Waals surface area contributed by atoms with Crippen LogP contribution in [0.3, 0.4) is 0 Å². The normalized spacial score (nSPS) is 17.4. The first-order chi connectivity index (χ1) is 3.72. The van der Waals surface area contributed by atoms with Crippen molar-refractivity contribution < 1.29 is 0 Å². The van der Waals surface area contributed by atoms with E-state index in [0.717, 1.165) is 6.42 Å². The van der Waals surface area contributed by atoms with Gasteiger partial charge in [-0.25, -0.2) is 0 Å². The Labute approximate surface area is 51.6 Å². The van der Waals surface area contributed by atoms with E-state index >= 15 is 0 Å². The van der Waals surface area contributed by atoms with Crippen molar-refractivity contribution in [1.82, 2.24) is 0 Å². The predicted molar refractivity (Wildman–Crippen MR) is 37.6 cm³/mol. The highest BCUT2D eigenvalue weighted by atomic mass is 14.6. The first-order valence-corrected chi connectivity index (χ1v) is 3.10.